The summed E-state index contributed by atoms with van der Waals surface area (Å²) in [5.74, 6) is -1.97. The van der Waals surface area contributed by atoms with Crippen molar-refractivity contribution < 1.29 is 56.8 Å². The van der Waals surface area contributed by atoms with E-state index in [0.717, 1.165) is 38.5 Å². The highest BCUT2D eigenvalue weighted by Crippen LogP contribution is 2.24. The number of ether oxygens (including phenoxy) is 4. The standard InChI is InChI=1S/C44H82O12S/c1-3-5-7-9-11-13-15-17-19-21-22-24-26-28-30-32-39(45)53-34-37(35-54-44-43(49)42(48)41(47)38(56-44)36-57(50,51)52)55-40(46)33-31-29-27-25-23-20-18-16-14-12-10-8-6-4-2/h9,11,37-38,41-44,47-49H,3-8,10,12-36H2,1-2H3,(H,50,51,52)/b11-9+/t37-,38-,41-,42?,43?,44+/m1/s1. The number of hydrogen-bond acceptors (Lipinski definition) is 11. The van der Waals surface area contributed by atoms with Crippen LogP contribution in [-0.4, -0.2) is 96.0 Å². The number of rotatable bonds is 38. The molecule has 57 heavy (non-hydrogen) atoms. The average molecular weight is 835 g/mol. The lowest BCUT2D eigenvalue weighted by molar-refractivity contribution is -0.297. The molecule has 0 radical (unpaired) electrons. The lowest BCUT2D eigenvalue weighted by Gasteiger charge is -2.40. The molecule has 1 saturated heterocycles. The van der Waals surface area contributed by atoms with Crippen molar-refractivity contribution in [3.05, 3.63) is 12.2 Å². The molecule has 0 aromatic heterocycles. The van der Waals surface area contributed by atoms with Gasteiger partial charge >= 0.3 is 11.9 Å². The summed E-state index contributed by atoms with van der Waals surface area (Å²) >= 11 is 0. The van der Waals surface area contributed by atoms with Gasteiger partial charge in [-0.1, -0.05) is 167 Å². The molecule has 0 spiro atoms. The van der Waals surface area contributed by atoms with Crippen molar-refractivity contribution in [1.82, 2.24) is 0 Å². The first-order valence-corrected chi connectivity index (χ1v) is 24.4. The topological polar surface area (TPSA) is 186 Å². The molecular weight excluding hydrogens is 753 g/mol. The number of hydrogen-bond donors (Lipinski definition) is 4. The zero-order chi connectivity index (χ0) is 42.0. The zero-order valence-electron chi connectivity index (χ0n) is 35.7. The van der Waals surface area contributed by atoms with Gasteiger partial charge in [-0.15, -0.1) is 0 Å². The fraction of sp³-hybridized carbons (Fsp3) is 0.909. The monoisotopic (exact) mass is 835 g/mol. The largest absolute Gasteiger partial charge is 0.462 e. The van der Waals surface area contributed by atoms with E-state index in [-0.39, 0.29) is 19.4 Å². The molecular formula is C44H82O12S. The molecule has 12 nitrogen and oxygen atoms in total. The number of carbonyl (C=O) groups is 2. The van der Waals surface area contributed by atoms with E-state index < -0.39 is 71.2 Å². The maximum atomic E-state index is 12.8. The van der Waals surface area contributed by atoms with Crippen molar-refractivity contribution in [2.75, 3.05) is 19.0 Å². The molecule has 4 N–H and O–H groups in total. The zero-order valence-corrected chi connectivity index (χ0v) is 36.5. The van der Waals surface area contributed by atoms with E-state index >= 15 is 0 Å². The summed E-state index contributed by atoms with van der Waals surface area (Å²) in [4.78, 5) is 25.4. The van der Waals surface area contributed by atoms with Crippen molar-refractivity contribution in [2.45, 2.75) is 237 Å². The van der Waals surface area contributed by atoms with Crippen molar-refractivity contribution >= 4 is 22.1 Å². The highest BCUT2D eigenvalue weighted by molar-refractivity contribution is 7.85. The predicted octanol–water partition coefficient (Wildman–Crippen LogP) is 9.06. The van der Waals surface area contributed by atoms with Gasteiger partial charge in [-0.25, -0.2) is 0 Å². The summed E-state index contributed by atoms with van der Waals surface area (Å²) < 4.78 is 54.0. The number of aliphatic hydroxyl groups is 3. The first-order valence-electron chi connectivity index (χ1n) is 22.7. The summed E-state index contributed by atoms with van der Waals surface area (Å²) in [5, 5.41) is 30.9. The molecule has 0 bridgehead atoms. The summed E-state index contributed by atoms with van der Waals surface area (Å²) in [6, 6.07) is 0. The van der Waals surface area contributed by atoms with Crippen molar-refractivity contribution in [2.24, 2.45) is 0 Å². The SMILES string of the molecule is CCCC/C=C/CCCCCCCCCCCC(=O)OC[C@H](CO[C@H]1O[C@H](CS(=O)(=O)O)[C@@H](O)C(O)C1O)OC(=O)CCCCCCCCCCCCCCCC. The Labute approximate surface area is 346 Å². The number of carbonyl (C=O) groups excluding carboxylic acids is 2. The summed E-state index contributed by atoms with van der Waals surface area (Å²) in [7, 11) is -4.60. The molecule has 1 aliphatic rings. The smallest absolute Gasteiger partial charge is 0.306 e. The minimum absolute atomic E-state index is 0.169. The molecule has 0 amide bonds. The van der Waals surface area contributed by atoms with Crippen LogP contribution in [0.1, 0.15) is 200 Å². The van der Waals surface area contributed by atoms with Gasteiger partial charge in [0.05, 0.1) is 6.61 Å². The van der Waals surface area contributed by atoms with E-state index in [2.05, 4.69) is 26.0 Å². The Morgan fingerprint density at radius 2 is 1.02 bits per heavy atom. The Kier molecular flexibility index (Phi) is 33.0. The van der Waals surface area contributed by atoms with E-state index in [9.17, 15) is 37.9 Å². The van der Waals surface area contributed by atoms with Crippen LogP contribution in [0, 0.1) is 0 Å². The first kappa shape index (κ1) is 53.4. The third kappa shape index (κ3) is 30.1. The molecule has 0 aliphatic carbocycles. The maximum Gasteiger partial charge on any atom is 0.306 e. The second-order valence-corrected chi connectivity index (χ2v) is 17.6. The van der Waals surface area contributed by atoms with Crippen molar-refractivity contribution in [3.63, 3.8) is 0 Å². The number of allylic oxidation sites excluding steroid dienone is 2. The van der Waals surface area contributed by atoms with Crippen LogP contribution in [-0.2, 0) is 38.7 Å². The highest BCUT2D eigenvalue weighted by atomic mass is 32.2. The van der Waals surface area contributed by atoms with E-state index in [4.69, 9.17) is 18.9 Å². The lowest BCUT2D eigenvalue weighted by atomic mass is 10.00. The van der Waals surface area contributed by atoms with Gasteiger partial charge in [0, 0.05) is 12.8 Å². The van der Waals surface area contributed by atoms with Crippen LogP contribution in [0.3, 0.4) is 0 Å². The highest BCUT2D eigenvalue weighted by Gasteiger charge is 2.46. The quantitative estimate of drug-likeness (QED) is 0.0200. The molecule has 2 unspecified atom stereocenters. The third-order valence-electron chi connectivity index (χ3n) is 10.6. The molecule has 0 aromatic carbocycles. The van der Waals surface area contributed by atoms with Gasteiger partial charge in [-0.2, -0.15) is 8.42 Å². The third-order valence-corrected chi connectivity index (χ3v) is 11.3. The maximum absolute atomic E-state index is 12.8. The van der Waals surface area contributed by atoms with Gasteiger partial charge in [-0.3, -0.25) is 14.1 Å². The van der Waals surface area contributed by atoms with Gasteiger partial charge in [0.2, 0.25) is 0 Å². The molecule has 1 rings (SSSR count). The van der Waals surface area contributed by atoms with Gasteiger partial charge in [-0.05, 0) is 32.1 Å². The summed E-state index contributed by atoms with van der Waals surface area (Å²) in [6.07, 6.45) is 26.8. The summed E-state index contributed by atoms with van der Waals surface area (Å²) in [5.41, 5.74) is 0. The molecule has 0 aromatic rings. The fourth-order valence-corrected chi connectivity index (χ4v) is 7.70. The lowest BCUT2D eigenvalue weighted by Crippen LogP contribution is -2.60. The molecule has 336 valence electrons. The number of esters is 2. The summed E-state index contributed by atoms with van der Waals surface area (Å²) in [6.45, 7) is 3.74. The second kappa shape index (κ2) is 35.2. The normalized spacial score (nSPS) is 20.6. The Bertz CT molecular complexity index is 1120. The van der Waals surface area contributed by atoms with E-state index in [1.807, 2.05) is 0 Å². The molecule has 1 fully saturated rings. The van der Waals surface area contributed by atoms with Crippen LogP contribution in [0.2, 0.25) is 0 Å². The van der Waals surface area contributed by atoms with Crippen molar-refractivity contribution in [1.29, 1.82) is 0 Å². The molecule has 6 atom stereocenters. The Balaban J connectivity index is 2.43. The number of aliphatic hydroxyl groups excluding tert-OH is 3. The van der Waals surface area contributed by atoms with Crippen LogP contribution in [0.4, 0.5) is 0 Å². The molecule has 1 heterocycles. The van der Waals surface area contributed by atoms with E-state index in [1.165, 1.54) is 122 Å². The molecule has 1 aliphatic heterocycles. The first-order chi connectivity index (χ1) is 27.5. The van der Waals surface area contributed by atoms with Gasteiger partial charge in [0.1, 0.15) is 36.8 Å². The Morgan fingerprint density at radius 3 is 1.51 bits per heavy atom. The van der Waals surface area contributed by atoms with Crippen LogP contribution in [0.15, 0.2) is 12.2 Å². The second-order valence-electron chi connectivity index (χ2n) is 16.1. The Morgan fingerprint density at radius 1 is 0.579 bits per heavy atom. The van der Waals surface area contributed by atoms with Crippen LogP contribution < -0.4 is 0 Å². The predicted molar refractivity (Wildman–Crippen MR) is 224 cm³/mol. The van der Waals surface area contributed by atoms with Crippen LogP contribution >= 0.6 is 0 Å². The van der Waals surface area contributed by atoms with Crippen molar-refractivity contribution in [3.8, 4) is 0 Å². The minimum atomic E-state index is -4.60. The van der Waals surface area contributed by atoms with E-state index in [1.54, 1.807) is 0 Å². The average Bonchev–Trinajstić information content (AvgIpc) is 3.17. The molecule has 0 saturated carbocycles. The molecule has 13 heteroatoms. The Hall–Kier alpha value is -1.61. The van der Waals surface area contributed by atoms with E-state index in [0.29, 0.717) is 12.8 Å². The van der Waals surface area contributed by atoms with Gasteiger partial charge in [0.25, 0.3) is 10.1 Å². The fourth-order valence-electron chi connectivity index (χ4n) is 7.01. The van der Waals surface area contributed by atoms with Crippen LogP contribution in [0.5, 0.6) is 0 Å². The minimum Gasteiger partial charge on any atom is -0.462 e. The van der Waals surface area contributed by atoms with Gasteiger partial charge < -0.3 is 34.3 Å². The van der Waals surface area contributed by atoms with Gasteiger partial charge in [0.15, 0.2) is 12.4 Å². The number of unbranched alkanes of at least 4 members (excludes halogenated alkanes) is 24. The van der Waals surface area contributed by atoms with Crippen LogP contribution in [0.25, 0.3) is 0 Å².